The van der Waals surface area contributed by atoms with Crippen LogP contribution in [0.1, 0.15) is 13.8 Å². The van der Waals surface area contributed by atoms with Crippen molar-refractivity contribution in [2.75, 3.05) is 12.3 Å². The monoisotopic (exact) mass is 445 g/mol. The van der Waals surface area contributed by atoms with Gasteiger partial charge in [-0.2, -0.15) is 0 Å². The standard InChI is InChI=1S/C25H27N5O3/c1-16(2)21(14-31)29-22(32)13-30-12-20(23-24(26)27-15-28-25(23)30)17-8-10-19(11-9-17)33-18-6-4-3-5-7-18/h3-12,15-16,21,31H,13-14H2,1-2H3,(H,29,32)(H2,26,27,28). The number of ether oxygens (including phenoxy) is 1. The zero-order valence-electron chi connectivity index (χ0n) is 18.6. The molecule has 4 aromatic rings. The number of hydrogen-bond acceptors (Lipinski definition) is 6. The average molecular weight is 446 g/mol. The SMILES string of the molecule is CC(C)C(CO)NC(=O)Cn1cc(-c2ccc(Oc3ccccc3)cc2)c2c(N)ncnc21. The van der Waals surface area contributed by atoms with Crippen LogP contribution in [0, 0.1) is 5.92 Å². The van der Waals surface area contributed by atoms with Gasteiger partial charge in [-0.3, -0.25) is 4.79 Å². The van der Waals surface area contributed by atoms with Crippen molar-refractivity contribution in [1.29, 1.82) is 0 Å². The number of carbonyl (C=O) groups is 1. The van der Waals surface area contributed by atoms with Crippen LogP contribution < -0.4 is 15.8 Å². The van der Waals surface area contributed by atoms with E-state index >= 15 is 0 Å². The van der Waals surface area contributed by atoms with E-state index in [1.165, 1.54) is 6.33 Å². The molecule has 33 heavy (non-hydrogen) atoms. The molecule has 4 rings (SSSR count). The van der Waals surface area contributed by atoms with Crippen molar-refractivity contribution in [3.63, 3.8) is 0 Å². The van der Waals surface area contributed by atoms with Gasteiger partial charge < -0.3 is 25.5 Å². The number of para-hydroxylation sites is 1. The van der Waals surface area contributed by atoms with Crippen LogP contribution in [-0.2, 0) is 11.3 Å². The van der Waals surface area contributed by atoms with Crippen molar-refractivity contribution >= 4 is 22.8 Å². The van der Waals surface area contributed by atoms with Gasteiger partial charge in [-0.1, -0.05) is 44.2 Å². The van der Waals surface area contributed by atoms with E-state index in [4.69, 9.17) is 10.5 Å². The number of nitrogens with zero attached hydrogens (tertiary/aromatic N) is 3. The maximum absolute atomic E-state index is 12.6. The van der Waals surface area contributed by atoms with Crippen LogP contribution in [0.5, 0.6) is 11.5 Å². The first kappa shape index (κ1) is 22.3. The fourth-order valence-electron chi connectivity index (χ4n) is 3.64. The summed E-state index contributed by atoms with van der Waals surface area (Å²) in [6, 6.07) is 16.9. The number of benzene rings is 2. The second kappa shape index (κ2) is 9.70. The van der Waals surface area contributed by atoms with E-state index in [1.54, 1.807) is 4.57 Å². The highest BCUT2D eigenvalue weighted by molar-refractivity contribution is 6.01. The van der Waals surface area contributed by atoms with Crippen molar-refractivity contribution < 1.29 is 14.6 Å². The molecule has 0 aliphatic rings. The summed E-state index contributed by atoms with van der Waals surface area (Å²) < 4.78 is 7.63. The molecular weight excluding hydrogens is 418 g/mol. The average Bonchev–Trinajstić information content (AvgIpc) is 3.18. The summed E-state index contributed by atoms with van der Waals surface area (Å²) in [6.07, 6.45) is 3.24. The minimum Gasteiger partial charge on any atom is -0.457 e. The van der Waals surface area contributed by atoms with Gasteiger partial charge in [-0.15, -0.1) is 0 Å². The number of nitrogen functional groups attached to an aromatic ring is 1. The Hall–Kier alpha value is -3.91. The summed E-state index contributed by atoms with van der Waals surface area (Å²) in [5, 5.41) is 13.1. The van der Waals surface area contributed by atoms with Crippen LogP contribution in [-0.4, -0.2) is 38.2 Å². The Morgan fingerprint density at radius 2 is 1.79 bits per heavy atom. The number of aliphatic hydroxyl groups excluding tert-OH is 1. The van der Waals surface area contributed by atoms with Gasteiger partial charge in [0.2, 0.25) is 5.91 Å². The first-order chi connectivity index (χ1) is 16.0. The van der Waals surface area contributed by atoms with E-state index in [2.05, 4.69) is 15.3 Å². The molecule has 1 unspecified atom stereocenters. The number of aliphatic hydroxyl groups is 1. The fourth-order valence-corrected chi connectivity index (χ4v) is 3.64. The van der Waals surface area contributed by atoms with Crippen LogP contribution in [0.3, 0.4) is 0 Å². The Morgan fingerprint density at radius 1 is 1.09 bits per heavy atom. The minimum absolute atomic E-state index is 0.0470. The molecule has 1 atom stereocenters. The summed E-state index contributed by atoms with van der Waals surface area (Å²) in [7, 11) is 0. The van der Waals surface area contributed by atoms with Gasteiger partial charge >= 0.3 is 0 Å². The summed E-state index contributed by atoms with van der Waals surface area (Å²) in [6.45, 7) is 3.83. The topological polar surface area (TPSA) is 115 Å². The number of rotatable bonds is 8. The molecule has 0 saturated heterocycles. The molecule has 0 fully saturated rings. The molecule has 8 nitrogen and oxygen atoms in total. The number of fused-ring (bicyclic) bond motifs is 1. The van der Waals surface area contributed by atoms with Gasteiger partial charge in [0, 0.05) is 11.8 Å². The lowest BCUT2D eigenvalue weighted by molar-refractivity contribution is -0.123. The normalized spacial score (nSPS) is 12.1. The molecule has 170 valence electrons. The number of hydrogen-bond donors (Lipinski definition) is 3. The maximum atomic E-state index is 12.6. The van der Waals surface area contributed by atoms with Gasteiger partial charge in [0.25, 0.3) is 0 Å². The van der Waals surface area contributed by atoms with E-state index < -0.39 is 0 Å². The number of anilines is 1. The van der Waals surface area contributed by atoms with Crippen molar-refractivity contribution in [3.05, 3.63) is 67.1 Å². The van der Waals surface area contributed by atoms with Gasteiger partial charge in [0.05, 0.1) is 18.0 Å². The largest absolute Gasteiger partial charge is 0.457 e. The highest BCUT2D eigenvalue weighted by Gasteiger charge is 2.19. The first-order valence-electron chi connectivity index (χ1n) is 10.8. The summed E-state index contributed by atoms with van der Waals surface area (Å²) >= 11 is 0. The van der Waals surface area contributed by atoms with Gasteiger partial charge in [-0.05, 0) is 35.7 Å². The molecule has 4 N–H and O–H groups in total. The third kappa shape index (κ3) is 4.96. The molecular formula is C25H27N5O3. The Balaban J connectivity index is 1.62. The number of nitrogens with two attached hydrogens (primary N) is 1. The second-order valence-electron chi connectivity index (χ2n) is 8.17. The second-order valence-corrected chi connectivity index (χ2v) is 8.17. The molecule has 0 saturated carbocycles. The van der Waals surface area contributed by atoms with E-state index in [0.29, 0.717) is 22.6 Å². The van der Waals surface area contributed by atoms with Crippen LogP contribution in [0.25, 0.3) is 22.2 Å². The molecule has 0 spiro atoms. The molecule has 1 amide bonds. The predicted molar refractivity (Wildman–Crippen MR) is 128 cm³/mol. The number of carbonyl (C=O) groups excluding carboxylic acids is 1. The molecule has 0 bridgehead atoms. The van der Waals surface area contributed by atoms with Crippen LogP contribution in [0.15, 0.2) is 67.1 Å². The Labute approximate surface area is 192 Å². The van der Waals surface area contributed by atoms with Crippen molar-refractivity contribution in [2.24, 2.45) is 5.92 Å². The number of amides is 1. The molecule has 2 aromatic carbocycles. The van der Waals surface area contributed by atoms with Gasteiger partial charge in [0.1, 0.15) is 35.8 Å². The Bertz CT molecular complexity index is 1240. The lowest BCUT2D eigenvalue weighted by atomic mass is 10.1. The lowest BCUT2D eigenvalue weighted by Gasteiger charge is -2.20. The minimum atomic E-state index is -0.310. The van der Waals surface area contributed by atoms with E-state index in [0.717, 1.165) is 16.9 Å². The smallest absolute Gasteiger partial charge is 0.240 e. The van der Waals surface area contributed by atoms with Crippen LogP contribution in [0.2, 0.25) is 0 Å². The summed E-state index contributed by atoms with van der Waals surface area (Å²) in [4.78, 5) is 21.2. The zero-order valence-corrected chi connectivity index (χ0v) is 18.6. The molecule has 2 heterocycles. The van der Waals surface area contributed by atoms with E-state index in [9.17, 15) is 9.90 Å². The molecule has 0 aliphatic heterocycles. The summed E-state index contributed by atoms with van der Waals surface area (Å²) in [5.41, 5.74) is 8.48. The highest BCUT2D eigenvalue weighted by Crippen LogP contribution is 2.34. The number of nitrogens with one attached hydrogen (secondary N) is 1. The zero-order chi connectivity index (χ0) is 23.4. The van der Waals surface area contributed by atoms with Crippen molar-refractivity contribution in [2.45, 2.75) is 26.4 Å². The lowest BCUT2D eigenvalue weighted by Crippen LogP contribution is -2.42. The van der Waals surface area contributed by atoms with Crippen molar-refractivity contribution in [3.8, 4) is 22.6 Å². The van der Waals surface area contributed by atoms with Crippen LogP contribution in [0.4, 0.5) is 5.82 Å². The third-order valence-electron chi connectivity index (χ3n) is 5.49. The molecule has 0 radical (unpaired) electrons. The molecule has 0 aliphatic carbocycles. The number of aromatic nitrogens is 3. The Kier molecular flexibility index (Phi) is 6.55. The van der Waals surface area contributed by atoms with Crippen LogP contribution >= 0.6 is 0 Å². The first-order valence-corrected chi connectivity index (χ1v) is 10.8. The highest BCUT2D eigenvalue weighted by atomic mass is 16.5. The third-order valence-corrected chi connectivity index (χ3v) is 5.49. The molecule has 8 heteroatoms. The fraction of sp³-hybridized carbons (Fsp3) is 0.240. The van der Waals surface area contributed by atoms with E-state index in [-0.39, 0.29) is 31.0 Å². The van der Waals surface area contributed by atoms with Crippen molar-refractivity contribution in [1.82, 2.24) is 19.9 Å². The summed E-state index contributed by atoms with van der Waals surface area (Å²) in [5.74, 6) is 1.71. The Morgan fingerprint density at radius 3 is 2.45 bits per heavy atom. The quantitative estimate of drug-likeness (QED) is 0.382. The molecule has 2 aromatic heterocycles. The maximum Gasteiger partial charge on any atom is 0.240 e. The van der Waals surface area contributed by atoms with Gasteiger partial charge in [-0.25, -0.2) is 9.97 Å². The predicted octanol–water partition coefficient (Wildman–Crippen LogP) is 3.61. The van der Waals surface area contributed by atoms with Gasteiger partial charge in [0.15, 0.2) is 0 Å². The van der Waals surface area contributed by atoms with E-state index in [1.807, 2.05) is 74.6 Å².